The third-order valence-corrected chi connectivity index (χ3v) is 6.29. The smallest absolute Gasteiger partial charge is 0.286 e. The molecule has 3 N–H and O–H groups in total. The van der Waals surface area contributed by atoms with E-state index in [4.69, 9.17) is 4.74 Å². The van der Waals surface area contributed by atoms with Crippen molar-refractivity contribution in [2.45, 2.75) is 38.2 Å². The maximum atomic E-state index is 13.7. The van der Waals surface area contributed by atoms with E-state index in [-0.39, 0.29) is 18.2 Å². The van der Waals surface area contributed by atoms with Gasteiger partial charge in [-0.15, -0.1) is 0 Å². The van der Waals surface area contributed by atoms with Crippen molar-refractivity contribution in [1.29, 1.82) is 0 Å². The first-order valence-corrected chi connectivity index (χ1v) is 13.0. The molecule has 2 aromatic heterocycles. The number of halogens is 2. The summed E-state index contributed by atoms with van der Waals surface area (Å²) >= 11 is 0. The van der Waals surface area contributed by atoms with Crippen molar-refractivity contribution in [3.63, 3.8) is 0 Å². The zero-order valence-electron chi connectivity index (χ0n) is 22.2. The molecule has 9 nitrogen and oxygen atoms in total. The highest BCUT2D eigenvalue weighted by Crippen LogP contribution is 2.29. The zero-order valence-corrected chi connectivity index (χ0v) is 22.2. The van der Waals surface area contributed by atoms with Crippen LogP contribution < -0.4 is 15.4 Å². The molecule has 0 spiro atoms. The fourth-order valence-corrected chi connectivity index (χ4v) is 4.26. The van der Waals surface area contributed by atoms with Crippen LogP contribution in [0.4, 0.5) is 14.6 Å². The quantitative estimate of drug-likeness (QED) is 0.282. The van der Waals surface area contributed by atoms with E-state index in [9.17, 15) is 18.7 Å². The summed E-state index contributed by atoms with van der Waals surface area (Å²) in [5.74, 6) is -1.33. The summed E-state index contributed by atoms with van der Waals surface area (Å²) in [4.78, 5) is 27.0. The van der Waals surface area contributed by atoms with Crippen LogP contribution in [-0.4, -0.2) is 76.8 Å². The average Bonchev–Trinajstić information content (AvgIpc) is 3.34. The van der Waals surface area contributed by atoms with Gasteiger partial charge in [0.15, 0.2) is 5.82 Å². The summed E-state index contributed by atoms with van der Waals surface area (Å²) in [5.41, 5.74) is 1.46. The molecule has 3 heterocycles. The van der Waals surface area contributed by atoms with Crippen LogP contribution in [0, 0.1) is 0 Å². The molecule has 11 heteroatoms. The largest absolute Gasteiger partial charge is 0.491 e. The molecular weight excluding hydrogens is 506 g/mol. The van der Waals surface area contributed by atoms with Crippen molar-refractivity contribution in [3.05, 3.63) is 54.4 Å². The lowest BCUT2D eigenvalue weighted by atomic mass is 10.1. The monoisotopic (exact) mass is 540 g/mol. The normalized spacial score (nSPS) is 14.5. The molecule has 3 aromatic rings. The molecule has 1 aliphatic rings. The number of pyridine rings is 1. The van der Waals surface area contributed by atoms with Gasteiger partial charge < -0.3 is 25.4 Å². The van der Waals surface area contributed by atoms with Gasteiger partial charge in [0.2, 0.25) is 5.91 Å². The highest BCUT2D eigenvalue weighted by atomic mass is 19.3. The molecule has 39 heavy (non-hydrogen) atoms. The first kappa shape index (κ1) is 28.3. The number of aliphatic hydroxyl groups excluding tert-OH is 1. The van der Waals surface area contributed by atoms with Crippen molar-refractivity contribution in [3.8, 4) is 28.4 Å². The van der Waals surface area contributed by atoms with E-state index >= 15 is 0 Å². The number of hydrogen-bond acceptors (Lipinski definition) is 8. The van der Waals surface area contributed by atoms with Gasteiger partial charge in [0.05, 0.1) is 5.69 Å². The standard InChI is InChI=1S/C28H34F2N6O3/c1-28(29,30)24-10-9-20(16-33-24)23-15-25(32-11-5-13-36-12-4-8-26(36)38)35-27(34-23)19-6-3-7-22(14-19)39-18-21(37)17-31-2/h3,6-7,9-10,14-16,21,31,37H,4-5,8,11-13,17-18H2,1-2H3,(H,32,34,35). The van der Waals surface area contributed by atoms with Gasteiger partial charge in [0, 0.05) is 62.9 Å². The van der Waals surface area contributed by atoms with Crippen LogP contribution in [0.5, 0.6) is 5.75 Å². The molecule has 208 valence electrons. The van der Waals surface area contributed by atoms with E-state index in [2.05, 4.69) is 25.6 Å². The number of nitrogens with zero attached hydrogens (tertiary/aromatic N) is 4. The topological polar surface area (TPSA) is 112 Å². The predicted molar refractivity (Wildman–Crippen MR) is 145 cm³/mol. The van der Waals surface area contributed by atoms with Crippen molar-refractivity contribution in [2.75, 3.05) is 45.2 Å². The number of amides is 1. The molecule has 1 aliphatic heterocycles. The van der Waals surface area contributed by atoms with Gasteiger partial charge in [-0.2, -0.15) is 8.78 Å². The number of aliphatic hydroxyl groups is 1. The number of hydrogen-bond donors (Lipinski definition) is 3. The second-order valence-electron chi connectivity index (χ2n) is 9.60. The number of likely N-dealkylation sites (N-methyl/N-ethyl adjacent to an activating group) is 1. The zero-order chi connectivity index (χ0) is 27.8. The molecule has 1 aromatic carbocycles. The first-order chi connectivity index (χ1) is 18.7. The summed E-state index contributed by atoms with van der Waals surface area (Å²) in [6, 6.07) is 11.8. The number of carbonyl (C=O) groups excluding carboxylic acids is 1. The van der Waals surface area contributed by atoms with Crippen molar-refractivity contribution < 1.29 is 23.4 Å². The van der Waals surface area contributed by atoms with Crippen LogP contribution in [-0.2, 0) is 10.7 Å². The van der Waals surface area contributed by atoms with Crippen LogP contribution in [0.15, 0.2) is 48.7 Å². The lowest BCUT2D eigenvalue weighted by molar-refractivity contribution is -0.127. The Morgan fingerprint density at radius 2 is 2.03 bits per heavy atom. The van der Waals surface area contributed by atoms with Crippen LogP contribution in [0.1, 0.15) is 31.9 Å². The van der Waals surface area contributed by atoms with Crippen molar-refractivity contribution in [2.24, 2.45) is 0 Å². The number of rotatable bonds is 13. The predicted octanol–water partition coefficient (Wildman–Crippen LogP) is 3.70. The van der Waals surface area contributed by atoms with Crippen LogP contribution in [0.3, 0.4) is 0 Å². The van der Waals surface area contributed by atoms with Gasteiger partial charge in [-0.1, -0.05) is 12.1 Å². The fraction of sp³-hybridized carbons (Fsp3) is 0.429. The van der Waals surface area contributed by atoms with Gasteiger partial charge in [-0.3, -0.25) is 9.78 Å². The van der Waals surface area contributed by atoms with Crippen LogP contribution in [0.25, 0.3) is 22.6 Å². The Morgan fingerprint density at radius 1 is 1.18 bits per heavy atom. The Labute approximate surface area is 226 Å². The number of carbonyl (C=O) groups is 1. The number of alkyl halides is 2. The van der Waals surface area contributed by atoms with Gasteiger partial charge in [-0.05, 0) is 44.2 Å². The molecule has 1 unspecified atom stereocenters. The van der Waals surface area contributed by atoms with Crippen molar-refractivity contribution in [1.82, 2.24) is 25.2 Å². The van der Waals surface area contributed by atoms with E-state index < -0.39 is 12.0 Å². The molecule has 0 bridgehead atoms. The maximum absolute atomic E-state index is 13.7. The van der Waals surface area contributed by atoms with Gasteiger partial charge in [-0.25, -0.2) is 9.97 Å². The number of benzene rings is 1. The van der Waals surface area contributed by atoms with Crippen molar-refractivity contribution >= 4 is 11.7 Å². The number of aromatic nitrogens is 3. The van der Waals surface area contributed by atoms with Crippen LogP contribution >= 0.6 is 0 Å². The van der Waals surface area contributed by atoms with E-state index in [0.29, 0.717) is 60.3 Å². The Morgan fingerprint density at radius 3 is 2.72 bits per heavy atom. The van der Waals surface area contributed by atoms with Gasteiger partial charge >= 0.3 is 0 Å². The first-order valence-electron chi connectivity index (χ1n) is 13.0. The molecule has 4 rings (SSSR count). The number of ether oxygens (including phenoxy) is 1. The summed E-state index contributed by atoms with van der Waals surface area (Å²) in [6.45, 7) is 3.39. The molecule has 0 saturated carbocycles. The summed E-state index contributed by atoms with van der Waals surface area (Å²) in [6.07, 6.45) is 2.99. The fourth-order valence-electron chi connectivity index (χ4n) is 4.26. The summed E-state index contributed by atoms with van der Waals surface area (Å²) in [7, 11) is 1.75. The highest BCUT2D eigenvalue weighted by molar-refractivity contribution is 5.78. The lowest BCUT2D eigenvalue weighted by Crippen LogP contribution is -2.29. The van der Waals surface area contributed by atoms with E-state index in [1.807, 2.05) is 17.0 Å². The Hall–Kier alpha value is -3.70. The number of anilines is 1. The van der Waals surface area contributed by atoms with E-state index in [1.165, 1.54) is 12.3 Å². The Balaban J connectivity index is 1.56. The SMILES string of the molecule is CNCC(O)COc1cccc(-c2nc(NCCCN3CCCC3=O)cc(-c3ccc(C(C)(F)F)nc3)n2)c1. The average molecular weight is 541 g/mol. The molecule has 0 aliphatic carbocycles. The summed E-state index contributed by atoms with van der Waals surface area (Å²) < 4.78 is 33.1. The highest BCUT2D eigenvalue weighted by Gasteiger charge is 2.26. The molecule has 1 atom stereocenters. The molecular formula is C28H34F2N6O3. The lowest BCUT2D eigenvalue weighted by Gasteiger charge is -2.16. The summed E-state index contributed by atoms with van der Waals surface area (Å²) in [5, 5.41) is 16.2. The minimum atomic E-state index is -3.04. The van der Waals surface area contributed by atoms with Gasteiger partial charge in [0.25, 0.3) is 5.92 Å². The third kappa shape index (κ3) is 7.90. The minimum absolute atomic E-state index is 0.123. The number of nitrogens with one attached hydrogen (secondary N) is 2. The maximum Gasteiger partial charge on any atom is 0.286 e. The Bertz CT molecular complexity index is 1250. The second kappa shape index (κ2) is 12.9. The minimum Gasteiger partial charge on any atom is -0.491 e. The van der Waals surface area contributed by atoms with Gasteiger partial charge in [0.1, 0.15) is 30.0 Å². The van der Waals surface area contributed by atoms with Crippen LogP contribution in [0.2, 0.25) is 0 Å². The third-order valence-electron chi connectivity index (χ3n) is 6.29. The molecule has 1 fully saturated rings. The Kier molecular flexibility index (Phi) is 9.36. The van der Waals surface area contributed by atoms with E-state index in [0.717, 1.165) is 26.3 Å². The molecule has 0 radical (unpaired) electrons. The van der Waals surface area contributed by atoms with E-state index in [1.54, 1.807) is 31.3 Å². The molecule has 1 saturated heterocycles. The number of likely N-dealkylation sites (tertiary alicyclic amines) is 1. The second-order valence-corrected chi connectivity index (χ2v) is 9.60. The molecule has 1 amide bonds.